The van der Waals surface area contributed by atoms with E-state index < -0.39 is 5.97 Å². The molecule has 4 nitrogen and oxygen atoms in total. The number of aliphatic hydroxyl groups is 1. The molecule has 0 saturated carbocycles. The highest BCUT2D eigenvalue weighted by Gasteiger charge is 2.13. The van der Waals surface area contributed by atoms with Gasteiger partial charge < -0.3 is 15.5 Å². The fourth-order valence-electron chi connectivity index (χ4n) is 1.71. The second kappa shape index (κ2) is 7.04. The van der Waals surface area contributed by atoms with Crippen LogP contribution in [0.4, 0.5) is 0 Å². The van der Waals surface area contributed by atoms with Crippen molar-refractivity contribution < 1.29 is 15.0 Å². The summed E-state index contributed by atoms with van der Waals surface area (Å²) in [6.45, 7) is 1.93. The quantitative estimate of drug-likeness (QED) is 0.673. The SMILES string of the molecule is CC(CCC(=O)O)NC(CO)c1ccccc1. The van der Waals surface area contributed by atoms with Crippen molar-refractivity contribution in [3.8, 4) is 0 Å². The Morgan fingerprint density at radius 3 is 2.53 bits per heavy atom. The summed E-state index contributed by atoms with van der Waals surface area (Å²) in [5.41, 5.74) is 1.01. The summed E-state index contributed by atoms with van der Waals surface area (Å²) >= 11 is 0. The first kappa shape index (κ1) is 13.7. The fourth-order valence-corrected chi connectivity index (χ4v) is 1.71. The van der Waals surface area contributed by atoms with Crippen molar-refractivity contribution >= 4 is 5.97 Å². The molecule has 2 atom stereocenters. The van der Waals surface area contributed by atoms with Crippen molar-refractivity contribution in [1.29, 1.82) is 0 Å². The summed E-state index contributed by atoms with van der Waals surface area (Å²) in [6, 6.07) is 9.56. The van der Waals surface area contributed by atoms with Gasteiger partial charge in [-0.05, 0) is 18.9 Å². The molecule has 94 valence electrons. The molecule has 0 aliphatic rings. The molecule has 0 spiro atoms. The number of carboxylic acid groups (broad SMARTS) is 1. The average Bonchev–Trinajstić information content (AvgIpc) is 2.34. The lowest BCUT2D eigenvalue weighted by Gasteiger charge is -2.21. The minimum Gasteiger partial charge on any atom is -0.481 e. The Labute approximate surface area is 101 Å². The summed E-state index contributed by atoms with van der Waals surface area (Å²) in [6.07, 6.45) is 0.694. The van der Waals surface area contributed by atoms with E-state index in [4.69, 9.17) is 5.11 Å². The largest absolute Gasteiger partial charge is 0.481 e. The van der Waals surface area contributed by atoms with E-state index >= 15 is 0 Å². The van der Waals surface area contributed by atoms with Gasteiger partial charge in [0.25, 0.3) is 0 Å². The Balaban J connectivity index is 2.49. The first-order valence-corrected chi connectivity index (χ1v) is 5.77. The van der Waals surface area contributed by atoms with E-state index in [0.717, 1.165) is 5.56 Å². The number of aliphatic carboxylic acids is 1. The molecule has 0 radical (unpaired) electrons. The Morgan fingerprint density at radius 2 is 2.00 bits per heavy atom. The maximum atomic E-state index is 10.5. The van der Waals surface area contributed by atoms with Crippen LogP contribution in [0.1, 0.15) is 31.4 Å². The summed E-state index contributed by atoms with van der Waals surface area (Å²) in [7, 11) is 0. The van der Waals surface area contributed by atoms with Crippen LogP contribution in [0.25, 0.3) is 0 Å². The lowest BCUT2D eigenvalue weighted by Crippen LogP contribution is -2.33. The van der Waals surface area contributed by atoms with E-state index in [2.05, 4.69) is 5.32 Å². The van der Waals surface area contributed by atoms with Gasteiger partial charge in [0.1, 0.15) is 0 Å². The summed E-state index contributed by atoms with van der Waals surface area (Å²) in [4.78, 5) is 10.5. The minimum absolute atomic E-state index is 0.00141. The lowest BCUT2D eigenvalue weighted by atomic mass is 10.1. The average molecular weight is 237 g/mol. The normalized spacial score (nSPS) is 14.2. The Bertz CT molecular complexity index is 340. The van der Waals surface area contributed by atoms with Crippen molar-refractivity contribution in [2.24, 2.45) is 0 Å². The highest BCUT2D eigenvalue weighted by molar-refractivity contribution is 5.66. The molecule has 2 unspecified atom stereocenters. The number of benzene rings is 1. The highest BCUT2D eigenvalue weighted by Crippen LogP contribution is 2.13. The van der Waals surface area contributed by atoms with E-state index in [9.17, 15) is 9.90 Å². The molecule has 17 heavy (non-hydrogen) atoms. The Kier molecular flexibility index (Phi) is 5.66. The number of hydrogen-bond donors (Lipinski definition) is 3. The van der Waals surface area contributed by atoms with Crippen LogP contribution in [-0.2, 0) is 4.79 Å². The molecule has 0 bridgehead atoms. The maximum absolute atomic E-state index is 10.5. The number of aliphatic hydroxyl groups excluding tert-OH is 1. The number of carboxylic acids is 1. The predicted octanol–water partition coefficient (Wildman–Crippen LogP) is 1.56. The number of rotatable bonds is 7. The van der Waals surface area contributed by atoms with Crippen LogP contribution in [-0.4, -0.2) is 28.8 Å². The van der Waals surface area contributed by atoms with Gasteiger partial charge in [-0.15, -0.1) is 0 Å². The molecule has 1 rings (SSSR count). The Hall–Kier alpha value is -1.39. The third-order valence-corrected chi connectivity index (χ3v) is 2.66. The van der Waals surface area contributed by atoms with Crippen LogP contribution < -0.4 is 5.32 Å². The van der Waals surface area contributed by atoms with Gasteiger partial charge >= 0.3 is 5.97 Å². The van der Waals surface area contributed by atoms with Crippen molar-refractivity contribution in [3.63, 3.8) is 0 Å². The molecule has 0 amide bonds. The monoisotopic (exact) mass is 237 g/mol. The van der Waals surface area contributed by atoms with Crippen LogP contribution in [0.15, 0.2) is 30.3 Å². The minimum atomic E-state index is -0.793. The van der Waals surface area contributed by atoms with Gasteiger partial charge in [0.05, 0.1) is 12.6 Å². The maximum Gasteiger partial charge on any atom is 0.303 e. The van der Waals surface area contributed by atoms with Crippen molar-refractivity contribution in [2.75, 3.05) is 6.61 Å². The predicted molar refractivity (Wildman–Crippen MR) is 65.7 cm³/mol. The van der Waals surface area contributed by atoms with Crippen LogP contribution in [0.5, 0.6) is 0 Å². The van der Waals surface area contributed by atoms with Gasteiger partial charge in [-0.1, -0.05) is 30.3 Å². The van der Waals surface area contributed by atoms with Gasteiger partial charge in [0.2, 0.25) is 0 Å². The van der Waals surface area contributed by atoms with Crippen LogP contribution in [0, 0.1) is 0 Å². The smallest absolute Gasteiger partial charge is 0.303 e. The van der Waals surface area contributed by atoms with E-state index in [-0.39, 0.29) is 25.1 Å². The zero-order valence-electron chi connectivity index (χ0n) is 9.97. The summed E-state index contributed by atoms with van der Waals surface area (Å²) in [5, 5.41) is 21.1. The van der Waals surface area contributed by atoms with E-state index in [1.54, 1.807) is 0 Å². The number of hydrogen-bond acceptors (Lipinski definition) is 3. The molecular weight excluding hydrogens is 218 g/mol. The summed E-state index contributed by atoms with van der Waals surface area (Å²) in [5.74, 6) is -0.793. The molecule has 0 aromatic heterocycles. The van der Waals surface area contributed by atoms with Gasteiger partial charge in [-0.3, -0.25) is 4.79 Å². The van der Waals surface area contributed by atoms with E-state index in [0.29, 0.717) is 6.42 Å². The van der Waals surface area contributed by atoms with E-state index in [1.165, 1.54) is 0 Å². The first-order valence-electron chi connectivity index (χ1n) is 5.77. The van der Waals surface area contributed by atoms with Crippen molar-refractivity contribution in [3.05, 3.63) is 35.9 Å². The molecule has 1 aromatic rings. The lowest BCUT2D eigenvalue weighted by molar-refractivity contribution is -0.137. The van der Waals surface area contributed by atoms with Gasteiger partial charge in [-0.2, -0.15) is 0 Å². The van der Waals surface area contributed by atoms with Crippen molar-refractivity contribution in [1.82, 2.24) is 5.32 Å². The molecule has 0 heterocycles. The fraction of sp³-hybridized carbons (Fsp3) is 0.462. The zero-order valence-corrected chi connectivity index (χ0v) is 9.97. The standard InChI is InChI=1S/C13H19NO3/c1-10(7-8-13(16)17)14-12(9-15)11-5-3-2-4-6-11/h2-6,10,12,14-15H,7-9H2,1H3,(H,16,17). The Morgan fingerprint density at radius 1 is 1.35 bits per heavy atom. The van der Waals surface area contributed by atoms with Gasteiger partial charge in [0, 0.05) is 12.5 Å². The third kappa shape index (κ3) is 4.97. The second-order valence-corrected chi connectivity index (χ2v) is 4.15. The van der Waals surface area contributed by atoms with Gasteiger partial charge in [0.15, 0.2) is 0 Å². The zero-order chi connectivity index (χ0) is 12.7. The van der Waals surface area contributed by atoms with Crippen LogP contribution >= 0.6 is 0 Å². The molecule has 4 heteroatoms. The van der Waals surface area contributed by atoms with Gasteiger partial charge in [-0.25, -0.2) is 0 Å². The third-order valence-electron chi connectivity index (χ3n) is 2.66. The number of nitrogens with one attached hydrogen (secondary N) is 1. The van der Waals surface area contributed by atoms with Crippen LogP contribution in [0.3, 0.4) is 0 Å². The molecular formula is C13H19NO3. The highest BCUT2D eigenvalue weighted by atomic mass is 16.4. The molecule has 0 saturated heterocycles. The molecule has 1 aromatic carbocycles. The first-order chi connectivity index (χ1) is 8.13. The topological polar surface area (TPSA) is 69.6 Å². The van der Waals surface area contributed by atoms with E-state index in [1.807, 2.05) is 37.3 Å². The number of carbonyl (C=O) groups is 1. The second-order valence-electron chi connectivity index (χ2n) is 4.15. The van der Waals surface area contributed by atoms with Crippen molar-refractivity contribution in [2.45, 2.75) is 31.8 Å². The molecule has 0 aliphatic heterocycles. The molecule has 0 fully saturated rings. The van der Waals surface area contributed by atoms with Crippen LogP contribution in [0.2, 0.25) is 0 Å². The summed E-state index contributed by atoms with van der Waals surface area (Å²) < 4.78 is 0. The molecule has 3 N–H and O–H groups in total. The molecule has 0 aliphatic carbocycles.